The summed E-state index contributed by atoms with van der Waals surface area (Å²) in [6.07, 6.45) is 1.94. The summed E-state index contributed by atoms with van der Waals surface area (Å²) in [5, 5.41) is 0. The molecule has 0 bridgehead atoms. The predicted molar refractivity (Wildman–Crippen MR) is 81.4 cm³/mol. The van der Waals surface area contributed by atoms with Gasteiger partial charge in [-0.1, -0.05) is 50.6 Å². The molecule has 0 saturated heterocycles. The molecule has 5 nitrogen and oxygen atoms in total. The fourth-order valence-electron chi connectivity index (χ4n) is 1.99. The Morgan fingerprint density at radius 2 is 1.90 bits per heavy atom. The van der Waals surface area contributed by atoms with Crippen LogP contribution in [0.5, 0.6) is 0 Å². The normalized spacial score (nSPS) is 13.8. The Hall–Kier alpha value is -2.14. The molecule has 2 atom stereocenters. The second-order valence-electron chi connectivity index (χ2n) is 5.16. The van der Waals surface area contributed by atoms with Gasteiger partial charge in [-0.3, -0.25) is 9.78 Å². The van der Waals surface area contributed by atoms with E-state index in [1.165, 1.54) is 6.20 Å². The highest BCUT2D eigenvalue weighted by atomic mass is 16.5. The smallest absolute Gasteiger partial charge is 0.325 e. The summed E-state index contributed by atoms with van der Waals surface area (Å²) >= 11 is 0. The third-order valence-electron chi connectivity index (χ3n) is 3.48. The van der Waals surface area contributed by atoms with Crippen LogP contribution in [0.3, 0.4) is 0 Å². The van der Waals surface area contributed by atoms with E-state index in [0.717, 1.165) is 12.0 Å². The van der Waals surface area contributed by atoms with Gasteiger partial charge in [-0.05, 0) is 11.5 Å². The van der Waals surface area contributed by atoms with Gasteiger partial charge in [0.05, 0.1) is 12.2 Å². The van der Waals surface area contributed by atoms with Gasteiger partial charge in [0.1, 0.15) is 6.10 Å². The van der Waals surface area contributed by atoms with Crippen molar-refractivity contribution < 1.29 is 4.74 Å². The lowest BCUT2D eigenvalue weighted by Gasteiger charge is -2.20. The minimum absolute atomic E-state index is 0.401. The van der Waals surface area contributed by atoms with Crippen LogP contribution in [0.2, 0.25) is 0 Å². The van der Waals surface area contributed by atoms with Crippen LogP contribution in [0.25, 0.3) is 0 Å². The summed E-state index contributed by atoms with van der Waals surface area (Å²) < 4.78 is 5.95. The summed E-state index contributed by atoms with van der Waals surface area (Å²) in [7, 11) is 0. The predicted octanol–water partition coefficient (Wildman–Crippen LogP) is 2.22. The molecule has 0 aliphatic heterocycles. The van der Waals surface area contributed by atoms with Gasteiger partial charge >= 0.3 is 5.69 Å². The Labute approximate surface area is 123 Å². The zero-order valence-electron chi connectivity index (χ0n) is 12.3. The van der Waals surface area contributed by atoms with Gasteiger partial charge in [0, 0.05) is 6.20 Å². The van der Waals surface area contributed by atoms with E-state index in [0.29, 0.717) is 18.1 Å². The first-order valence-corrected chi connectivity index (χ1v) is 7.10. The first-order chi connectivity index (χ1) is 10.1. The number of hydrogen-bond donors (Lipinski definition) is 2. The summed E-state index contributed by atoms with van der Waals surface area (Å²) in [5.41, 5.74) is 0.358. The molecular weight excluding hydrogens is 268 g/mol. The zero-order valence-corrected chi connectivity index (χ0v) is 12.3. The van der Waals surface area contributed by atoms with E-state index in [-0.39, 0.29) is 0 Å². The average molecular weight is 288 g/mol. The second kappa shape index (κ2) is 7.04. The zero-order chi connectivity index (χ0) is 15.2. The fourth-order valence-corrected chi connectivity index (χ4v) is 1.99. The number of rotatable bonds is 6. The largest absolute Gasteiger partial charge is 0.368 e. The van der Waals surface area contributed by atoms with Crippen LogP contribution >= 0.6 is 0 Å². The quantitative estimate of drug-likeness (QED) is 0.855. The van der Waals surface area contributed by atoms with Gasteiger partial charge in [0.2, 0.25) is 0 Å². The molecule has 0 saturated carbocycles. The van der Waals surface area contributed by atoms with Crippen LogP contribution in [0.15, 0.2) is 46.1 Å². The van der Waals surface area contributed by atoms with Crippen molar-refractivity contribution in [2.24, 2.45) is 5.92 Å². The van der Waals surface area contributed by atoms with Crippen LogP contribution in [-0.4, -0.2) is 16.6 Å². The Kier molecular flexibility index (Phi) is 5.11. The lowest BCUT2D eigenvalue weighted by molar-refractivity contribution is 0.0542. The molecule has 0 amide bonds. The molecule has 0 aliphatic carbocycles. The fraction of sp³-hybridized carbons (Fsp3) is 0.375. The summed E-state index contributed by atoms with van der Waals surface area (Å²) in [6.45, 7) is 4.74. The minimum Gasteiger partial charge on any atom is -0.368 e. The highest BCUT2D eigenvalue weighted by Crippen LogP contribution is 2.23. The third kappa shape index (κ3) is 3.92. The third-order valence-corrected chi connectivity index (χ3v) is 3.48. The standard InChI is InChI=1S/C16H20N2O3/c1-3-11(2)10-21-14(12-7-5-4-6-8-12)13-9-17-16(20)18-15(13)19/h4-9,11,14H,3,10H2,1-2H3,(H2,17,18,19,20). The molecule has 21 heavy (non-hydrogen) atoms. The first-order valence-electron chi connectivity index (χ1n) is 7.10. The maximum Gasteiger partial charge on any atom is 0.325 e. The molecule has 1 aromatic heterocycles. The van der Waals surface area contributed by atoms with Crippen molar-refractivity contribution in [2.45, 2.75) is 26.4 Å². The van der Waals surface area contributed by atoms with E-state index in [2.05, 4.69) is 23.8 Å². The lowest BCUT2D eigenvalue weighted by atomic mass is 10.0. The second-order valence-corrected chi connectivity index (χ2v) is 5.16. The van der Waals surface area contributed by atoms with Crippen molar-refractivity contribution in [1.82, 2.24) is 9.97 Å². The molecule has 2 N–H and O–H groups in total. The van der Waals surface area contributed by atoms with Crippen molar-refractivity contribution in [2.75, 3.05) is 6.61 Å². The van der Waals surface area contributed by atoms with Gasteiger partial charge in [-0.2, -0.15) is 0 Å². The number of benzene rings is 1. The Balaban J connectivity index is 2.36. The molecule has 0 spiro atoms. The summed E-state index contributed by atoms with van der Waals surface area (Å²) in [6, 6.07) is 9.52. The van der Waals surface area contributed by atoms with Gasteiger partial charge in [-0.15, -0.1) is 0 Å². The molecule has 5 heteroatoms. The van der Waals surface area contributed by atoms with Crippen LogP contribution in [0.1, 0.15) is 37.5 Å². The molecule has 112 valence electrons. The average Bonchev–Trinajstić information content (AvgIpc) is 2.50. The van der Waals surface area contributed by atoms with E-state index >= 15 is 0 Å². The van der Waals surface area contributed by atoms with Gasteiger partial charge < -0.3 is 9.72 Å². The molecule has 1 heterocycles. The van der Waals surface area contributed by atoms with E-state index in [1.807, 2.05) is 30.3 Å². The van der Waals surface area contributed by atoms with Crippen LogP contribution in [-0.2, 0) is 4.74 Å². The molecule has 2 aromatic rings. The van der Waals surface area contributed by atoms with Gasteiger partial charge in [0.25, 0.3) is 5.56 Å². The molecule has 1 aromatic carbocycles. The lowest BCUT2D eigenvalue weighted by Crippen LogP contribution is -2.28. The van der Waals surface area contributed by atoms with Crippen LogP contribution in [0, 0.1) is 5.92 Å². The highest BCUT2D eigenvalue weighted by Gasteiger charge is 2.19. The number of H-pyrrole nitrogens is 2. The van der Waals surface area contributed by atoms with Crippen molar-refractivity contribution >= 4 is 0 Å². The van der Waals surface area contributed by atoms with Crippen LogP contribution in [0.4, 0.5) is 0 Å². The van der Waals surface area contributed by atoms with Crippen molar-refractivity contribution in [1.29, 1.82) is 0 Å². The van der Waals surface area contributed by atoms with Gasteiger partial charge in [0.15, 0.2) is 0 Å². The molecular formula is C16H20N2O3. The molecule has 0 aliphatic rings. The Bertz CT molecular complexity index is 676. The van der Waals surface area contributed by atoms with Crippen molar-refractivity contribution in [3.05, 3.63) is 68.5 Å². The molecule has 2 rings (SSSR count). The monoisotopic (exact) mass is 288 g/mol. The Morgan fingerprint density at radius 3 is 2.52 bits per heavy atom. The maximum absolute atomic E-state index is 12.0. The molecule has 2 unspecified atom stereocenters. The van der Waals surface area contributed by atoms with E-state index in [4.69, 9.17) is 4.74 Å². The van der Waals surface area contributed by atoms with E-state index < -0.39 is 17.4 Å². The maximum atomic E-state index is 12.0. The number of ether oxygens (including phenoxy) is 1. The topological polar surface area (TPSA) is 75.0 Å². The number of hydrogen-bond acceptors (Lipinski definition) is 3. The molecule has 0 fully saturated rings. The Morgan fingerprint density at radius 1 is 1.19 bits per heavy atom. The molecule has 0 radical (unpaired) electrons. The summed E-state index contributed by atoms with van der Waals surface area (Å²) in [4.78, 5) is 27.9. The first kappa shape index (κ1) is 15.3. The van der Waals surface area contributed by atoms with Crippen molar-refractivity contribution in [3.63, 3.8) is 0 Å². The number of nitrogens with one attached hydrogen (secondary N) is 2. The van der Waals surface area contributed by atoms with Gasteiger partial charge in [-0.25, -0.2) is 4.79 Å². The van der Waals surface area contributed by atoms with E-state index in [9.17, 15) is 9.59 Å². The minimum atomic E-state index is -0.516. The van der Waals surface area contributed by atoms with E-state index in [1.54, 1.807) is 0 Å². The van der Waals surface area contributed by atoms with Crippen molar-refractivity contribution in [3.8, 4) is 0 Å². The summed E-state index contributed by atoms with van der Waals surface area (Å²) in [5.74, 6) is 0.401. The SMILES string of the molecule is CCC(C)COC(c1ccccc1)c1c[nH]c(=O)[nH]c1=O. The number of aromatic amines is 2. The van der Waals surface area contributed by atoms with Crippen LogP contribution < -0.4 is 11.2 Å². The highest BCUT2D eigenvalue weighted by molar-refractivity contribution is 5.26. The number of aromatic nitrogens is 2.